The molecule has 10 nitrogen and oxygen atoms in total. The maximum atomic E-state index is 13.0. The number of alkyl halides is 3. The number of nitrogens with one attached hydrogen (secondary N) is 1. The molecular formula is C29H39BrF3N5O5. The highest BCUT2D eigenvalue weighted by molar-refractivity contribution is 9.10. The number of halogens is 4. The molecule has 0 radical (unpaired) electrons. The van der Waals surface area contributed by atoms with Gasteiger partial charge in [-0.05, 0) is 88.9 Å². The van der Waals surface area contributed by atoms with E-state index in [4.69, 9.17) is 13.9 Å². The molecule has 0 spiro atoms. The normalized spacial score (nSPS) is 25.2. The molecule has 1 aromatic carbocycles. The topological polar surface area (TPSA) is 100 Å². The Labute approximate surface area is 257 Å². The first-order chi connectivity index (χ1) is 19.9. The number of fused-ring (bicyclic) bond motifs is 5. The molecule has 5 saturated heterocycles. The van der Waals surface area contributed by atoms with Crippen LogP contribution in [-0.4, -0.2) is 88.5 Å². The molecule has 238 valence electrons. The zero-order chi connectivity index (χ0) is 31.5. The number of hydrogen-bond donors (Lipinski definition) is 1. The number of anilines is 1. The summed E-state index contributed by atoms with van der Waals surface area (Å²) < 4.78 is 55.8. The van der Waals surface area contributed by atoms with E-state index in [1.807, 2.05) is 51.3 Å². The van der Waals surface area contributed by atoms with Gasteiger partial charge < -0.3 is 24.1 Å². The monoisotopic (exact) mass is 673 g/mol. The second-order valence-corrected chi connectivity index (χ2v) is 14.4. The minimum atomic E-state index is -4.46. The van der Waals surface area contributed by atoms with Crippen molar-refractivity contribution in [3.63, 3.8) is 0 Å². The van der Waals surface area contributed by atoms with E-state index >= 15 is 0 Å². The van der Waals surface area contributed by atoms with Crippen LogP contribution in [0, 0.1) is 0 Å². The summed E-state index contributed by atoms with van der Waals surface area (Å²) in [6.45, 7) is 14.0. The van der Waals surface area contributed by atoms with E-state index in [0.29, 0.717) is 25.2 Å². The molecule has 5 aliphatic heterocycles. The predicted octanol–water partition coefficient (Wildman–Crippen LogP) is 6.16. The molecule has 4 bridgehead atoms. The predicted molar refractivity (Wildman–Crippen MR) is 157 cm³/mol. The largest absolute Gasteiger partial charge is 0.444 e. The van der Waals surface area contributed by atoms with E-state index in [1.54, 1.807) is 4.90 Å². The van der Waals surface area contributed by atoms with Gasteiger partial charge in [0, 0.05) is 38.3 Å². The lowest BCUT2D eigenvalue weighted by Crippen LogP contribution is -2.70. The summed E-state index contributed by atoms with van der Waals surface area (Å²) in [6, 6.07) is 2.85. The summed E-state index contributed by atoms with van der Waals surface area (Å²) in [4.78, 5) is 34.1. The number of piperidine rings is 1. The van der Waals surface area contributed by atoms with Crippen molar-refractivity contribution in [2.24, 2.45) is 0 Å². The van der Waals surface area contributed by atoms with Gasteiger partial charge in [-0.25, -0.2) is 9.59 Å². The number of nitrogens with zero attached hydrogens (tertiary/aromatic N) is 4. The van der Waals surface area contributed by atoms with Gasteiger partial charge in [0.15, 0.2) is 5.58 Å². The first-order valence-corrected chi connectivity index (χ1v) is 15.3. The molecule has 2 aromatic rings. The third kappa shape index (κ3) is 7.00. The third-order valence-electron chi connectivity index (χ3n) is 7.81. The lowest BCUT2D eigenvalue weighted by atomic mass is 9.88. The van der Waals surface area contributed by atoms with Crippen molar-refractivity contribution in [1.82, 2.24) is 20.1 Å². The zero-order valence-corrected chi connectivity index (χ0v) is 26.8. The number of benzene rings is 1. The van der Waals surface area contributed by atoms with E-state index in [9.17, 15) is 22.8 Å². The Bertz CT molecular complexity index is 1340. The average molecular weight is 675 g/mol. The highest BCUT2D eigenvalue weighted by Gasteiger charge is 2.50. The molecule has 0 aliphatic carbocycles. The van der Waals surface area contributed by atoms with Gasteiger partial charge in [0.1, 0.15) is 16.7 Å². The molecule has 43 heavy (non-hydrogen) atoms. The second kappa shape index (κ2) is 11.3. The molecule has 5 fully saturated rings. The second-order valence-electron chi connectivity index (χ2n) is 13.6. The molecular weight excluding hydrogens is 635 g/mol. The van der Waals surface area contributed by atoms with Gasteiger partial charge in [-0.1, -0.05) is 0 Å². The molecule has 14 heteroatoms. The Morgan fingerprint density at radius 3 is 1.91 bits per heavy atom. The van der Waals surface area contributed by atoms with E-state index in [2.05, 4.69) is 26.2 Å². The van der Waals surface area contributed by atoms with E-state index < -0.39 is 17.3 Å². The Balaban J connectivity index is 0.000000207. The standard InChI is InChI=1S/C18H19BrF3N3O3.C11H20N2O2/c1-17(2,3)28-16(26)25-10-6-11(25)8-24(7-10)15-23-13-5-9(18(20,21)22)4-12(19)14(13)27-15;1-11(2,3)15-10(14)13-8-4-5-9(13)7-12-6-8/h4-5,10-11H,6-8H2,1-3H3;8-9,12H,4-7H2,1-3H3. The molecule has 0 saturated carbocycles. The number of amides is 2. The van der Waals surface area contributed by atoms with Crippen molar-refractivity contribution in [2.75, 3.05) is 31.1 Å². The Hall–Kier alpha value is -2.74. The van der Waals surface area contributed by atoms with Gasteiger partial charge in [-0.15, -0.1) is 0 Å². The highest BCUT2D eigenvalue weighted by atomic mass is 79.9. The maximum absolute atomic E-state index is 13.0. The van der Waals surface area contributed by atoms with E-state index in [-0.39, 0.29) is 51.5 Å². The van der Waals surface area contributed by atoms with E-state index in [1.165, 1.54) is 0 Å². The lowest BCUT2D eigenvalue weighted by Gasteiger charge is -2.55. The SMILES string of the molecule is CC(C)(C)OC(=O)N1C2CC1CN(c1nc3cc(C(F)(F)F)cc(Br)c3o1)C2.CC(C)(C)OC(=O)N1C2CCC1CNC2. The van der Waals surface area contributed by atoms with Crippen LogP contribution in [0.1, 0.15) is 66.4 Å². The maximum Gasteiger partial charge on any atom is 0.416 e. The summed E-state index contributed by atoms with van der Waals surface area (Å²) in [5.74, 6) is 0. The molecule has 6 heterocycles. The number of aromatic nitrogens is 1. The minimum absolute atomic E-state index is 0.0298. The zero-order valence-electron chi connectivity index (χ0n) is 25.3. The van der Waals surface area contributed by atoms with Crippen LogP contribution in [0.25, 0.3) is 11.1 Å². The Kier molecular flexibility index (Phi) is 8.34. The summed E-state index contributed by atoms with van der Waals surface area (Å²) >= 11 is 3.13. The molecule has 1 N–H and O–H groups in total. The Morgan fingerprint density at radius 1 is 0.907 bits per heavy atom. The molecule has 7 rings (SSSR count). The van der Waals surface area contributed by atoms with Crippen molar-refractivity contribution in [3.05, 3.63) is 22.2 Å². The number of carbonyl (C=O) groups is 2. The minimum Gasteiger partial charge on any atom is -0.444 e. The first-order valence-electron chi connectivity index (χ1n) is 14.6. The van der Waals surface area contributed by atoms with Gasteiger partial charge in [0.05, 0.1) is 22.1 Å². The average Bonchev–Trinajstić information content (AvgIpc) is 3.40. The van der Waals surface area contributed by atoms with Crippen LogP contribution in [0.15, 0.2) is 21.0 Å². The summed E-state index contributed by atoms with van der Waals surface area (Å²) in [6.07, 6.45) is -1.87. The van der Waals surface area contributed by atoms with Gasteiger partial charge in [0.2, 0.25) is 0 Å². The smallest absolute Gasteiger partial charge is 0.416 e. The van der Waals surface area contributed by atoms with Gasteiger partial charge in [0.25, 0.3) is 6.01 Å². The van der Waals surface area contributed by atoms with Crippen LogP contribution in [0.4, 0.5) is 28.8 Å². The fourth-order valence-corrected chi connectivity index (χ4v) is 6.58. The highest BCUT2D eigenvalue weighted by Crippen LogP contribution is 2.39. The molecule has 1 aromatic heterocycles. The summed E-state index contributed by atoms with van der Waals surface area (Å²) in [7, 11) is 0. The molecule has 4 unspecified atom stereocenters. The quantitative estimate of drug-likeness (QED) is 0.384. The summed E-state index contributed by atoms with van der Waals surface area (Å²) in [5, 5.41) is 3.35. The van der Waals surface area contributed by atoms with Crippen LogP contribution in [0.3, 0.4) is 0 Å². The Morgan fingerprint density at radius 2 is 1.42 bits per heavy atom. The van der Waals surface area contributed by atoms with Crippen LogP contribution in [0.5, 0.6) is 0 Å². The van der Waals surface area contributed by atoms with Crippen LogP contribution in [0.2, 0.25) is 0 Å². The van der Waals surface area contributed by atoms with Crippen LogP contribution < -0.4 is 10.2 Å². The fourth-order valence-electron chi connectivity index (χ4n) is 6.05. The summed E-state index contributed by atoms with van der Waals surface area (Å²) in [5.41, 5.74) is -1.33. The number of carbonyl (C=O) groups excluding carboxylic acids is 2. The van der Waals surface area contributed by atoms with Crippen molar-refractivity contribution in [2.45, 2.75) is 102 Å². The first kappa shape index (κ1) is 31.7. The van der Waals surface area contributed by atoms with Crippen molar-refractivity contribution >= 4 is 45.2 Å². The molecule has 5 aliphatic rings. The van der Waals surface area contributed by atoms with Crippen LogP contribution in [-0.2, 0) is 15.7 Å². The number of piperazine rings is 2. The van der Waals surface area contributed by atoms with Crippen molar-refractivity contribution < 1.29 is 36.7 Å². The molecule has 4 atom stereocenters. The number of oxazole rings is 1. The fraction of sp³-hybridized carbons (Fsp3) is 0.690. The number of ether oxygens (including phenoxy) is 2. The van der Waals surface area contributed by atoms with Crippen molar-refractivity contribution in [1.29, 1.82) is 0 Å². The van der Waals surface area contributed by atoms with Crippen molar-refractivity contribution in [3.8, 4) is 0 Å². The lowest BCUT2D eigenvalue weighted by molar-refractivity contribution is -0.137. The van der Waals surface area contributed by atoms with Gasteiger partial charge >= 0.3 is 18.4 Å². The third-order valence-corrected chi connectivity index (χ3v) is 8.40. The number of rotatable bonds is 1. The van der Waals surface area contributed by atoms with Gasteiger partial charge in [-0.2, -0.15) is 18.2 Å². The van der Waals surface area contributed by atoms with E-state index in [0.717, 1.165) is 44.5 Å². The van der Waals surface area contributed by atoms with Crippen LogP contribution >= 0.6 is 15.9 Å². The molecule has 2 amide bonds. The number of hydrogen-bond acceptors (Lipinski definition) is 8. The van der Waals surface area contributed by atoms with Gasteiger partial charge in [-0.3, -0.25) is 9.80 Å².